The summed E-state index contributed by atoms with van der Waals surface area (Å²) in [6.45, 7) is 3.55. The first-order valence-electron chi connectivity index (χ1n) is 10.7. The van der Waals surface area contributed by atoms with Crippen molar-refractivity contribution >= 4 is 35.1 Å². The fourth-order valence-electron chi connectivity index (χ4n) is 3.69. The van der Waals surface area contributed by atoms with Gasteiger partial charge in [-0.25, -0.2) is 9.48 Å². The number of carbonyl (C=O) groups is 1. The summed E-state index contributed by atoms with van der Waals surface area (Å²) in [6.07, 6.45) is 1.56. The number of amides is 2. The zero-order valence-corrected chi connectivity index (χ0v) is 19.5. The predicted octanol–water partition coefficient (Wildman–Crippen LogP) is 3.46. The first kappa shape index (κ1) is 23.4. The summed E-state index contributed by atoms with van der Waals surface area (Å²) in [6, 6.07) is 15.0. The Balaban J connectivity index is 1.23. The van der Waals surface area contributed by atoms with Crippen LogP contribution in [0.1, 0.15) is 11.1 Å². The number of para-hydroxylation sites is 1. The summed E-state index contributed by atoms with van der Waals surface area (Å²) in [4.78, 5) is 14.6. The van der Waals surface area contributed by atoms with Gasteiger partial charge in [-0.05, 0) is 29.8 Å². The number of ether oxygens (including phenoxy) is 1. The lowest BCUT2D eigenvalue weighted by Gasteiger charge is -2.33. The number of nitrogens with two attached hydrogens (primary N) is 1. The number of hydrogen-bond acceptors (Lipinski definition) is 5. The van der Waals surface area contributed by atoms with E-state index < -0.39 is 0 Å². The van der Waals surface area contributed by atoms with Gasteiger partial charge in [0.1, 0.15) is 5.82 Å². The molecule has 1 fully saturated rings. The van der Waals surface area contributed by atoms with Gasteiger partial charge >= 0.3 is 6.03 Å². The SMILES string of the molecule is Nc1c(CNC(=O)NCC2CN(Cc3ccc(Cl)c(Cl)c3)CCO2)cnn1-c1ccccc1. The molecule has 33 heavy (non-hydrogen) atoms. The van der Waals surface area contributed by atoms with Crippen LogP contribution in [0, 0.1) is 0 Å². The second-order valence-electron chi connectivity index (χ2n) is 7.84. The number of anilines is 1. The zero-order chi connectivity index (χ0) is 23.2. The van der Waals surface area contributed by atoms with Crippen LogP contribution >= 0.6 is 23.2 Å². The molecule has 1 unspecified atom stereocenters. The van der Waals surface area contributed by atoms with Crippen molar-refractivity contribution in [3.05, 3.63) is 75.9 Å². The average Bonchev–Trinajstić information content (AvgIpc) is 3.20. The Bertz CT molecular complexity index is 1090. The fraction of sp³-hybridized carbons (Fsp3) is 0.304. The van der Waals surface area contributed by atoms with Crippen LogP contribution in [0.2, 0.25) is 10.0 Å². The molecule has 0 radical (unpaired) electrons. The van der Waals surface area contributed by atoms with Crippen molar-refractivity contribution in [2.24, 2.45) is 0 Å². The van der Waals surface area contributed by atoms with Gasteiger partial charge in [-0.1, -0.05) is 47.5 Å². The third kappa shape index (κ3) is 6.17. The normalized spacial score (nSPS) is 16.5. The summed E-state index contributed by atoms with van der Waals surface area (Å²) < 4.78 is 7.45. The molecule has 8 nitrogen and oxygen atoms in total. The first-order chi connectivity index (χ1) is 16.0. The highest BCUT2D eigenvalue weighted by Gasteiger charge is 2.21. The van der Waals surface area contributed by atoms with Crippen LogP contribution in [0.3, 0.4) is 0 Å². The highest BCUT2D eigenvalue weighted by atomic mass is 35.5. The standard InChI is InChI=1S/C23H26Cl2N6O2/c24-20-7-6-16(10-21(20)25)14-30-8-9-33-19(15-30)13-28-23(32)27-11-17-12-29-31(22(17)26)18-4-2-1-3-5-18/h1-7,10,12,19H,8-9,11,13-15,26H2,(H2,27,28,32). The number of morpholine rings is 1. The number of rotatable bonds is 7. The molecule has 4 rings (SSSR count). The molecule has 0 bridgehead atoms. The molecular weight excluding hydrogens is 463 g/mol. The lowest BCUT2D eigenvalue weighted by atomic mass is 10.2. The van der Waals surface area contributed by atoms with Crippen LogP contribution in [0.25, 0.3) is 5.69 Å². The third-order valence-electron chi connectivity index (χ3n) is 5.43. The monoisotopic (exact) mass is 488 g/mol. The van der Waals surface area contributed by atoms with Crippen molar-refractivity contribution < 1.29 is 9.53 Å². The summed E-state index contributed by atoms with van der Waals surface area (Å²) in [5.41, 5.74) is 8.90. The van der Waals surface area contributed by atoms with Gasteiger partial charge in [0.15, 0.2) is 0 Å². The van der Waals surface area contributed by atoms with Gasteiger partial charge in [-0.15, -0.1) is 0 Å². The molecule has 0 spiro atoms. The number of hydrogen-bond donors (Lipinski definition) is 3. The maximum Gasteiger partial charge on any atom is 0.315 e. The Hall–Kier alpha value is -2.78. The molecule has 2 amide bonds. The van der Waals surface area contributed by atoms with Crippen molar-refractivity contribution in [2.75, 3.05) is 32.0 Å². The number of nitrogens with one attached hydrogen (secondary N) is 2. The first-order valence-corrected chi connectivity index (χ1v) is 11.4. The van der Waals surface area contributed by atoms with Gasteiger partial charge in [0, 0.05) is 38.3 Å². The van der Waals surface area contributed by atoms with Crippen LogP contribution in [0.4, 0.5) is 10.6 Å². The van der Waals surface area contributed by atoms with Crippen molar-refractivity contribution in [1.29, 1.82) is 0 Å². The second kappa shape index (κ2) is 10.9. The van der Waals surface area contributed by atoms with Gasteiger partial charge in [-0.3, -0.25) is 4.90 Å². The van der Waals surface area contributed by atoms with E-state index in [-0.39, 0.29) is 18.7 Å². The molecule has 4 N–H and O–H groups in total. The molecule has 2 heterocycles. The molecule has 1 aliphatic rings. The molecule has 10 heteroatoms. The molecule has 1 aliphatic heterocycles. The van der Waals surface area contributed by atoms with E-state index in [1.807, 2.05) is 42.5 Å². The predicted molar refractivity (Wildman–Crippen MR) is 130 cm³/mol. The van der Waals surface area contributed by atoms with E-state index in [0.717, 1.165) is 29.9 Å². The lowest BCUT2D eigenvalue weighted by Crippen LogP contribution is -2.48. The minimum Gasteiger partial charge on any atom is -0.383 e. The second-order valence-corrected chi connectivity index (χ2v) is 8.66. The number of benzene rings is 2. The molecule has 1 atom stereocenters. The Labute approximate surface area is 202 Å². The fourth-order valence-corrected chi connectivity index (χ4v) is 4.01. The van der Waals surface area contributed by atoms with Crippen molar-refractivity contribution in [2.45, 2.75) is 19.2 Å². The van der Waals surface area contributed by atoms with E-state index in [4.69, 9.17) is 33.7 Å². The van der Waals surface area contributed by atoms with Crippen LogP contribution in [0.15, 0.2) is 54.7 Å². The van der Waals surface area contributed by atoms with E-state index in [1.54, 1.807) is 16.9 Å². The Morgan fingerprint density at radius 2 is 1.97 bits per heavy atom. The van der Waals surface area contributed by atoms with Crippen molar-refractivity contribution in [3.8, 4) is 5.69 Å². The van der Waals surface area contributed by atoms with Crippen LogP contribution in [-0.2, 0) is 17.8 Å². The molecule has 0 saturated carbocycles. The summed E-state index contributed by atoms with van der Waals surface area (Å²) in [5.74, 6) is 0.495. The van der Waals surface area contributed by atoms with Gasteiger partial charge in [0.05, 0.1) is 34.6 Å². The number of urea groups is 1. The molecule has 1 saturated heterocycles. The minimum absolute atomic E-state index is 0.0989. The smallest absolute Gasteiger partial charge is 0.315 e. The maximum atomic E-state index is 12.3. The Morgan fingerprint density at radius 3 is 2.76 bits per heavy atom. The number of halogens is 2. The summed E-state index contributed by atoms with van der Waals surface area (Å²) in [7, 11) is 0. The van der Waals surface area contributed by atoms with Gasteiger partial charge in [0.2, 0.25) is 0 Å². The molecule has 3 aromatic rings. The van der Waals surface area contributed by atoms with Crippen molar-refractivity contribution in [1.82, 2.24) is 25.3 Å². The molecule has 0 aliphatic carbocycles. The average molecular weight is 489 g/mol. The van der Waals surface area contributed by atoms with Gasteiger partial charge < -0.3 is 21.1 Å². The van der Waals surface area contributed by atoms with E-state index in [1.165, 1.54) is 0 Å². The number of nitrogen functional groups attached to an aromatic ring is 1. The van der Waals surface area contributed by atoms with E-state index in [9.17, 15) is 4.79 Å². The molecule has 2 aromatic carbocycles. The topological polar surface area (TPSA) is 97.4 Å². The van der Waals surface area contributed by atoms with Crippen molar-refractivity contribution in [3.63, 3.8) is 0 Å². The number of aromatic nitrogens is 2. The van der Waals surface area contributed by atoms with Crippen LogP contribution in [0.5, 0.6) is 0 Å². The van der Waals surface area contributed by atoms with E-state index >= 15 is 0 Å². The summed E-state index contributed by atoms with van der Waals surface area (Å²) in [5, 5.41) is 11.1. The largest absolute Gasteiger partial charge is 0.383 e. The Kier molecular flexibility index (Phi) is 7.72. The quantitative estimate of drug-likeness (QED) is 0.473. The number of nitrogens with zero attached hydrogens (tertiary/aromatic N) is 3. The van der Waals surface area contributed by atoms with Gasteiger partial charge in [0.25, 0.3) is 0 Å². The highest BCUT2D eigenvalue weighted by molar-refractivity contribution is 6.42. The van der Waals surface area contributed by atoms with Crippen LogP contribution in [-0.4, -0.2) is 53.1 Å². The molecule has 174 valence electrons. The summed E-state index contributed by atoms with van der Waals surface area (Å²) >= 11 is 12.1. The Morgan fingerprint density at radius 1 is 1.15 bits per heavy atom. The van der Waals surface area contributed by atoms with E-state index in [0.29, 0.717) is 35.6 Å². The lowest BCUT2D eigenvalue weighted by molar-refractivity contribution is -0.0287. The van der Waals surface area contributed by atoms with Crippen LogP contribution < -0.4 is 16.4 Å². The highest BCUT2D eigenvalue weighted by Crippen LogP contribution is 2.23. The molecule has 1 aromatic heterocycles. The third-order valence-corrected chi connectivity index (χ3v) is 6.17. The minimum atomic E-state index is -0.285. The van der Waals surface area contributed by atoms with E-state index in [2.05, 4.69) is 20.6 Å². The number of carbonyl (C=O) groups excluding carboxylic acids is 1. The molecular formula is C23H26Cl2N6O2. The zero-order valence-electron chi connectivity index (χ0n) is 18.0. The van der Waals surface area contributed by atoms with Gasteiger partial charge in [-0.2, -0.15) is 5.10 Å². The maximum absolute atomic E-state index is 12.3.